The Morgan fingerprint density at radius 1 is 1.17 bits per heavy atom. The molecular formula is C15H17N5OS3. The molecule has 0 spiro atoms. The van der Waals surface area contributed by atoms with Crippen LogP contribution in [0.25, 0.3) is 10.2 Å². The van der Waals surface area contributed by atoms with E-state index in [1.807, 2.05) is 13.8 Å². The third kappa shape index (κ3) is 3.57. The molecule has 24 heavy (non-hydrogen) atoms. The zero-order chi connectivity index (χ0) is 17.3. The zero-order valence-corrected chi connectivity index (χ0v) is 16.3. The van der Waals surface area contributed by atoms with Gasteiger partial charge in [0.05, 0.1) is 5.75 Å². The second-order valence-electron chi connectivity index (χ2n) is 5.23. The minimum absolute atomic E-state index is 0.106. The van der Waals surface area contributed by atoms with Crippen molar-refractivity contribution in [3.05, 3.63) is 21.3 Å². The summed E-state index contributed by atoms with van der Waals surface area (Å²) in [6.45, 7) is 8.06. The first-order valence-electron chi connectivity index (χ1n) is 7.47. The van der Waals surface area contributed by atoms with Crippen LogP contribution in [0.15, 0.2) is 5.03 Å². The second-order valence-corrected chi connectivity index (χ2v) is 8.57. The first-order valence-corrected chi connectivity index (χ1v) is 10.1. The van der Waals surface area contributed by atoms with Gasteiger partial charge in [-0.1, -0.05) is 30.0 Å². The largest absolute Gasteiger partial charge is 0.300 e. The molecule has 3 heterocycles. The van der Waals surface area contributed by atoms with E-state index in [0.717, 1.165) is 32.5 Å². The molecule has 1 amide bonds. The van der Waals surface area contributed by atoms with E-state index >= 15 is 0 Å². The molecule has 126 valence electrons. The molecule has 3 rings (SSSR count). The van der Waals surface area contributed by atoms with Crippen LogP contribution in [0.5, 0.6) is 0 Å². The third-order valence-corrected chi connectivity index (χ3v) is 6.30. The summed E-state index contributed by atoms with van der Waals surface area (Å²) in [5, 5.41) is 13.9. The molecule has 0 aromatic carbocycles. The number of anilines is 1. The van der Waals surface area contributed by atoms with E-state index < -0.39 is 0 Å². The molecule has 0 saturated heterocycles. The molecule has 9 heteroatoms. The summed E-state index contributed by atoms with van der Waals surface area (Å²) in [6.07, 6.45) is 0.774. The second kappa shape index (κ2) is 7.12. The van der Waals surface area contributed by atoms with Crippen LogP contribution in [-0.2, 0) is 11.2 Å². The Bertz CT molecular complexity index is 902. The van der Waals surface area contributed by atoms with Gasteiger partial charge in [0.15, 0.2) is 0 Å². The number of fused-ring (bicyclic) bond motifs is 1. The van der Waals surface area contributed by atoms with Crippen molar-refractivity contribution in [3.63, 3.8) is 0 Å². The average molecular weight is 380 g/mol. The normalized spacial score (nSPS) is 11.2. The zero-order valence-electron chi connectivity index (χ0n) is 13.8. The van der Waals surface area contributed by atoms with Gasteiger partial charge in [-0.3, -0.25) is 10.1 Å². The first kappa shape index (κ1) is 17.2. The number of rotatable bonds is 5. The van der Waals surface area contributed by atoms with Crippen molar-refractivity contribution >= 4 is 55.7 Å². The summed E-state index contributed by atoms with van der Waals surface area (Å²) in [7, 11) is 0. The van der Waals surface area contributed by atoms with Gasteiger partial charge in [-0.05, 0) is 26.3 Å². The van der Waals surface area contributed by atoms with Gasteiger partial charge < -0.3 is 0 Å². The van der Waals surface area contributed by atoms with Crippen LogP contribution < -0.4 is 5.32 Å². The number of thiophene rings is 1. The maximum absolute atomic E-state index is 12.1. The summed E-state index contributed by atoms with van der Waals surface area (Å²) < 4.78 is 0. The van der Waals surface area contributed by atoms with E-state index in [1.165, 1.54) is 33.5 Å². The Labute approximate surface area is 152 Å². The van der Waals surface area contributed by atoms with Crippen LogP contribution in [0.2, 0.25) is 0 Å². The van der Waals surface area contributed by atoms with E-state index in [0.29, 0.717) is 5.13 Å². The van der Waals surface area contributed by atoms with Crippen LogP contribution in [0.3, 0.4) is 0 Å². The van der Waals surface area contributed by atoms with E-state index in [2.05, 4.69) is 39.3 Å². The number of carbonyl (C=O) groups is 1. The Kier molecular flexibility index (Phi) is 5.12. The summed E-state index contributed by atoms with van der Waals surface area (Å²) in [4.78, 5) is 23.6. The molecule has 0 atom stereocenters. The minimum Gasteiger partial charge on any atom is -0.300 e. The number of nitrogens with one attached hydrogen (secondary N) is 1. The van der Waals surface area contributed by atoms with Crippen LogP contribution in [0, 0.1) is 20.8 Å². The molecule has 0 saturated carbocycles. The first-order chi connectivity index (χ1) is 11.5. The van der Waals surface area contributed by atoms with E-state index in [4.69, 9.17) is 0 Å². The Hall–Kier alpha value is -1.58. The fraction of sp³-hybridized carbons (Fsp3) is 0.400. The number of aromatic nitrogens is 4. The molecule has 0 unspecified atom stereocenters. The summed E-state index contributed by atoms with van der Waals surface area (Å²) in [5.74, 6) is 0.986. The van der Waals surface area contributed by atoms with Crippen molar-refractivity contribution < 1.29 is 4.79 Å². The van der Waals surface area contributed by atoms with Crippen molar-refractivity contribution in [2.24, 2.45) is 0 Å². The lowest BCUT2D eigenvalue weighted by Crippen LogP contribution is -2.14. The number of aryl methyl sites for hydroxylation is 4. The third-order valence-electron chi connectivity index (χ3n) is 3.47. The predicted octanol–water partition coefficient (Wildman–Crippen LogP) is 3.76. The molecule has 0 bridgehead atoms. The molecule has 0 radical (unpaired) electrons. The molecular weight excluding hydrogens is 362 g/mol. The van der Waals surface area contributed by atoms with Crippen LogP contribution >= 0.6 is 34.4 Å². The van der Waals surface area contributed by atoms with Gasteiger partial charge in [0.2, 0.25) is 11.0 Å². The number of thioether (sulfide) groups is 1. The van der Waals surface area contributed by atoms with Crippen LogP contribution in [-0.4, -0.2) is 31.8 Å². The Morgan fingerprint density at radius 2 is 1.96 bits per heavy atom. The highest BCUT2D eigenvalue weighted by Crippen LogP contribution is 2.35. The fourth-order valence-corrected chi connectivity index (χ4v) is 4.78. The van der Waals surface area contributed by atoms with Gasteiger partial charge in [0.1, 0.15) is 20.7 Å². The van der Waals surface area contributed by atoms with Gasteiger partial charge >= 0.3 is 0 Å². The van der Waals surface area contributed by atoms with Crippen molar-refractivity contribution in [1.82, 2.24) is 20.2 Å². The van der Waals surface area contributed by atoms with E-state index in [-0.39, 0.29) is 11.7 Å². The lowest BCUT2D eigenvalue weighted by atomic mass is 10.2. The maximum Gasteiger partial charge on any atom is 0.236 e. The monoisotopic (exact) mass is 379 g/mol. The number of amides is 1. The molecule has 0 aliphatic carbocycles. The van der Waals surface area contributed by atoms with Crippen LogP contribution in [0.1, 0.15) is 28.2 Å². The lowest BCUT2D eigenvalue weighted by molar-refractivity contribution is -0.113. The average Bonchev–Trinajstić information content (AvgIpc) is 3.08. The number of carbonyl (C=O) groups excluding carboxylic acids is 1. The fourth-order valence-electron chi connectivity index (χ4n) is 2.15. The SMILES string of the molecule is CCc1nc(SCC(=O)Nc2nnc(C)s2)c2c(C)c(C)sc2n1. The summed E-state index contributed by atoms with van der Waals surface area (Å²) in [5.41, 5.74) is 1.19. The van der Waals surface area contributed by atoms with Gasteiger partial charge in [0.25, 0.3) is 0 Å². The number of nitrogens with zero attached hydrogens (tertiary/aromatic N) is 4. The predicted molar refractivity (Wildman–Crippen MR) is 100 cm³/mol. The van der Waals surface area contributed by atoms with E-state index in [9.17, 15) is 4.79 Å². The van der Waals surface area contributed by atoms with Gasteiger partial charge in [-0.2, -0.15) is 0 Å². The molecule has 3 aromatic heterocycles. The highest BCUT2D eigenvalue weighted by Gasteiger charge is 2.16. The topological polar surface area (TPSA) is 80.7 Å². The molecule has 3 aromatic rings. The van der Waals surface area contributed by atoms with Crippen LogP contribution in [0.4, 0.5) is 5.13 Å². The quantitative estimate of drug-likeness (QED) is 0.537. The summed E-state index contributed by atoms with van der Waals surface area (Å²) >= 11 is 4.49. The lowest BCUT2D eigenvalue weighted by Gasteiger charge is -2.06. The van der Waals surface area contributed by atoms with Crippen molar-refractivity contribution in [3.8, 4) is 0 Å². The maximum atomic E-state index is 12.1. The molecule has 1 N–H and O–H groups in total. The molecule has 0 aliphatic rings. The highest BCUT2D eigenvalue weighted by atomic mass is 32.2. The number of hydrogen-bond donors (Lipinski definition) is 1. The minimum atomic E-state index is -0.106. The highest BCUT2D eigenvalue weighted by molar-refractivity contribution is 8.00. The number of hydrogen-bond acceptors (Lipinski definition) is 8. The van der Waals surface area contributed by atoms with E-state index in [1.54, 1.807) is 11.3 Å². The Morgan fingerprint density at radius 3 is 2.62 bits per heavy atom. The standard InChI is InChI=1S/C15H17N5OS3/c1-5-10-16-13(12-7(2)8(3)23-14(12)17-10)22-6-11(21)18-15-20-19-9(4)24-15/h5-6H2,1-4H3,(H,18,20,21). The Balaban J connectivity index is 1.80. The van der Waals surface area contributed by atoms with Crippen molar-refractivity contribution in [2.45, 2.75) is 39.1 Å². The molecule has 0 fully saturated rings. The van der Waals surface area contributed by atoms with Gasteiger partial charge in [0, 0.05) is 16.7 Å². The smallest absolute Gasteiger partial charge is 0.236 e. The summed E-state index contributed by atoms with van der Waals surface area (Å²) in [6, 6.07) is 0. The van der Waals surface area contributed by atoms with Gasteiger partial charge in [-0.25, -0.2) is 9.97 Å². The van der Waals surface area contributed by atoms with Crippen molar-refractivity contribution in [2.75, 3.05) is 11.1 Å². The van der Waals surface area contributed by atoms with Crippen molar-refractivity contribution in [1.29, 1.82) is 0 Å². The molecule has 0 aliphatic heterocycles. The van der Waals surface area contributed by atoms with Gasteiger partial charge in [-0.15, -0.1) is 21.5 Å². The molecule has 6 nitrogen and oxygen atoms in total.